The topological polar surface area (TPSA) is 37.4 Å². The fourth-order valence-electron chi connectivity index (χ4n) is 4.32. The molecule has 0 N–H and O–H groups in total. The molecule has 0 radical (unpaired) electrons. The molecule has 134 valence electrons. The van der Waals surface area contributed by atoms with Crippen molar-refractivity contribution in [3.05, 3.63) is 63.1 Å². The molecule has 1 heterocycles. The van der Waals surface area contributed by atoms with Crippen LogP contribution in [0.4, 0.5) is 5.69 Å². The molecule has 5 heteroatoms. The molecule has 1 saturated carbocycles. The van der Waals surface area contributed by atoms with Crippen LogP contribution < -0.4 is 4.90 Å². The van der Waals surface area contributed by atoms with Crippen molar-refractivity contribution in [3.63, 3.8) is 0 Å². The number of amides is 2. The van der Waals surface area contributed by atoms with Crippen LogP contribution >= 0.6 is 27.5 Å². The Kier molecular flexibility index (Phi) is 4.66. The number of anilines is 1. The number of carbonyl (C=O) groups is 2. The third-order valence-corrected chi connectivity index (χ3v) is 6.87. The molecule has 1 aliphatic carbocycles. The molecular weight excluding hydrogens is 414 g/mol. The fraction of sp³-hybridized carbons (Fsp3) is 0.333. The maximum absolute atomic E-state index is 13.1. The van der Waals surface area contributed by atoms with Gasteiger partial charge in [0.05, 0.1) is 22.5 Å². The molecule has 2 amide bonds. The summed E-state index contributed by atoms with van der Waals surface area (Å²) in [6.07, 6.45) is 2.44. The van der Waals surface area contributed by atoms with Crippen LogP contribution in [0.15, 0.2) is 46.9 Å². The average molecular weight is 433 g/mol. The van der Waals surface area contributed by atoms with Crippen molar-refractivity contribution in [2.75, 3.05) is 4.90 Å². The number of carbonyl (C=O) groups excluding carboxylic acids is 2. The highest BCUT2D eigenvalue weighted by molar-refractivity contribution is 9.10. The van der Waals surface area contributed by atoms with Crippen LogP contribution in [0.5, 0.6) is 0 Å². The third kappa shape index (κ3) is 2.89. The van der Waals surface area contributed by atoms with Gasteiger partial charge in [-0.2, -0.15) is 0 Å². The summed E-state index contributed by atoms with van der Waals surface area (Å²) in [5.74, 6) is -0.258. The van der Waals surface area contributed by atoms with Gasteiger partial charge in [0.1, 0.15) is 0 Å². The molecule has 0 spiro atoms. The molecule has 0 bridgehead atoms. The molecule has 2 aromatic rings. The number of hydrogen-bond acceptors (Lipinski definition) is 2. The molecule has 0 aromatic heterocycles. The summed E-state index contributed by atoms with van der Waals surface area (Å²) in [5.41, 5.74) is 2.73. The summed E-state index contributed by atoms with van der Waals surface area (Å²) in [6, 6.07) is 13.9. The summed E-state index contributed by atoms with van der Waals surface area (Å²) in [5, 5.41) is 0.503. The number of rotatable bonds is 2. The van der Waals surface area contributed by atoms with E-state index in [0.29, 0.717) is 16.6 Å². The largest absolute Gasteiger partial charge is 0.274 e. The Morgan fingerprint density at radius 2 is 1.73 bits per heavy atom. The lowest BCUT2D eigenvalue weighted by Crippen LogP contribution is -2.31. The highest BCUT2D eigenvalue weighted by Crippen LogP contribution is 2.46. The van der Waals surface area contributed by atoms with Crippen molar-refractivity contribution in [2.24, 2.45) is 11.8 Å². The summed E-state index contributed by atoms with van der Waals surface area (Å²) < 4.78 is 0.765. The lowest BCUT2D eigenvalue weighted by Gasteiger charge is -2.28. The van der Waals surface area contributed by atoms with Gasteiger partial charge in [0.2, 0.25) is 11.8 Å². The van der Waals surface area contributed by atoms with Gasteiger partial charge in [-0.1, -0.05) is 41.9 Å². The second-order valence-electron chi connectivity index (χ2n) is 7.20. The Labute approximate surface area is 166 Å². The van der Waals surface area contributed by atoms with Gasteiger partial charge < -0.3 is 0 Å². The van der Waals surface area contributed by atoms with Crippen LogP contribution in [0.2, 0.25) is 5.02 Å². The molecule has 2 aromatic carbocycles. The molecule has 3 nitrogen and oxygen atoms in total. The average Bonchev–Trinajstić information content (AvgIpc) is 2.89. The Hall–Kier alpha value is -1.65. The summed E-state index contributed by atoms with van der Waals surface area (Å²) >= 11 is 9.61. The highest BCUT2D eigenvalue weighted by atomic mass is 79.9. The van der Waals surface area contributed by atoms with E-state index < -0.39 is 0 Å². The maximum atomic E-state index is 13.1. The number of aryl methyl sites for hydroxylation is 1. The van der Waals surface area contributed by atoms with E-state index >= 15 is 0 Å². The second-order valence-corrected chi connectivity index (χ2v) is 8.46. The van der Waals surface area contributed by atoms with E-state index in [9.17, 15) is 9.59 Å². The highest BCUT2D eigenvalue weighted by Gasteiger charge is 2.51. The molecule has 2 fully saturated rings. The van der Waals surface area contributed by atoms with Crippen LogP contribution in [0.1, 0.15) is 36.3 Å². The Morgan fingerprint density at radius 1 is 1.04 bits per heavy atom. The molecule has 26 heavy (non-hydrogen) atoms. The van der Waals surface area contributed by atoms with Crippen LogP contribution in [0.25, 0.3) is 0 Å². The van der Waals surface area contributed by atoms with Crippen LogP contribution in [-0.2, 0) is 9.59 Å². The first kappa shape index (κ1) is 17.7. The number of benzene rings is 2. The Bertz CT molecular complexity index is 883. The van der Waals surface area contributed by atoms with Crippen LogP contribution in [0.3, 0.4) is 0 Å². The second kappa shape index (κ2) is 6.82. The summed E-state index contributed by atoms with van der Waals surface area (Å²) in [4.78, 5) is 27.5. The van der Waals surface area contributed by atoms with Crippen molar-refractivity contribution < 1.29 is 9.59 Å². The van der Waals surface area contributed by atoms with Crippen molar-refractivity contribution >= 4 is 45.0 Å². The van der Waals surface area contributed by atoms with E-state index in [1.54, 1.807) is 6.07 Å². The molecule has 1 saturated heterocycles. The predicted octanol–water partition coefficient (Wildman–Crippen LogP) is 5.48. The van der Waals surface area contributed by atoms with Crippen LogP contribution in [-0.4, -0.2) is 11.8 Å². The number of fused-ring (bicyclic) bond motifs is 1. The first-order chi connectivity index (χ1) is 12.5. The third-order valence-electron chi connectivity index (χ3n) is 5.68. The number of nitrogens with zero attached hydrogens (tertiary/aromatic N) is 1. The van der Waals surface area contributed by atoms with Gasteiger partial charge in [-0.3, -0.25) is 9.59 Å². The molecule has 4 rings (SSSR count). The van der Waals surface area contributed by atoms with E-state index in [4.69, 9.17) is 11.6 Å². The zero-order valence-corrected chi connectivity index (χ0v) is 16.8. The normalized spacial score (nSPS) is 25.5. The lowest BCUT2D eigenvalue weighted by molar-refractivity contribution is -0.122. The van der Waals surface area contributed by atoms with Gasteiger partial charge in [-0.15, -0.1) is 0 Å². The van der Waals surface area contributed by atoms with Gasteiger partial charge in [0.25, 0.3) is 0 Å². The van der Waals surface area contributed by atoms with Crippen LogP contribution in [0, 0.1) is 18.8 Å². The minimum atomic E-state index is -0.233. The van der Waals surface area contributed by atoms with Crippen molar-refractivity contribution in [3.8, 4) is 0 Å². The minimum Gasteiger partial charge on any atom is -0.274 e. The first-order valence-electron chi connectivity index (χ1n) is 8.85. The zero-order chi connectivity index (χ0) is 18.4. The summed E-state index contributed by atoms with van der Waals surface area (Å²) in [6.45, 7) is 1.89. The van der Waals surface area contributed by atoms with Crippen molar-refractivity contribution in [1.29, 1.82) is 0 Å². The van der Waals surface area contributed by atoms with Crippen molar-refractivity contribution in [2.45, 2.75) is 32.1 Å². The van der Waals surface area contributed by atoms with E-state index in [-0.39, 0.29) is 23.7 Å². The van der Waals surface area contributed by atoms with Gasteiger partial charge in [0, 0.05) is 4.47 Å². The smallest absolute Gasteiger partial charge is 0.237 e. The molecule has 3 unspecified atom stereocenters. The van der Waals surface area contributed by atoms with E-state index in [2.05, 4.69) is 28.1 Å². The van der Waals surface area contributed by atoms with Gasteiger partial charge in [0.15, 0.2) is 0 Å². The monoisotopic (exact) mass is 431 g/mol. The number of hydrogen-bond donors (Lipinski definition) is 0. The molecule has 1 aliphatic heterocycles. The number of halogens is 2. The Morgan fingerprint density at radius 3 is 2.46 bits per heavy atom. The lowest BCUT2D eigenvalue weighted by atomic mass is 9.73. The minimum absolute atomic E-state index is 0.0759. The number of imide groups is 1. The van der Waals surface area contributed by atoms with Gasteiger partial charge in [-0.05, 0) is 71.3 Å². The Balaban J connectivity index is 1.65. The van der Waals surface area contributed by atoms with E-state index in [1.807, 2.05) is 31.2 Å². The standard InChI is InChI=1S/C21H19BrClNO2/c1-12-9-17(22)18(23)11-19(12)24-20(25)15-8-7-14(10-16(15)21(24)26)13-5-3-2-4-6-13/h2-6,9,11,14-16H,7-8,10H2,1H3. The maximum Gasteiger partial charge on any atom is 0.237 e. The summed E-state index contributed by atoms with van der Waals surface area (Å²) in [7, 11) is 0. The van der Waals surface area contributed by atoms with E-state index in [1.165, 1.54) is 10.5 Å². The molecular formula is C21H19BrClNO2. The van der Waals surface area contributed by atoms with Crippen molar-refractivity contribution in [1.82, 2.24) is 0 Å². The quantitative estimate of drug-likeness (QED) is 0.589. The van der Waals surface area contributed by atoms with Gasteiger partial charge >= 0.3 is 0 Å². The molecule has 2 aliphatic rings. The fourth-order valence-corrected chi connectivity index (χ4v) is 4.94. The predicted molar refractivity (Wildman–Crippen MR) is 106 cm³/mol. The van der Waals surface area contributed by atoms with E-state index in [0.717, 1.165) is 29.3 Å². The SMILES string of the molecule is Cc1cc(Br)c(Cl)cc1N1C(=O)C2CCC(c3ccccc3)CC2C1=O. The first-order valence-corrected chi connectivity index (χ1v) is 10.0. The molecule has 3 atom stereocenters. The van der Waals surface area contributed by atoms with Gasteiger partial charge in [-0.25, -0.2) is 4.90 Å². The zero-order valence-electron chi connectivity index (χ0n) is 14.4.